The number of nitrogens with zero attached hydrogens (tertiary/aromatic N) is 1. The molecule has 1 aromatic heterocycles. The molecule has 0 aliphatic carbocycles. The highest BCUT2D eigenvalue weighted by Gasteiger charge is 2.16. The maximum absolute atomic E-state index is 12.3. The fourth-order valence-corrected chi connectivity index (χ4v) is 2.84. The Hall–Kier alpha value is -2.41. The van der Waals surface area contributed by atoms with Crippen molar-refractivity contribution in [2.75, 3.05) is 10.0 Å². The summed E-state index contributed by atoms with van der Waals surface area (Å²) in [5.41, 5.74) is 2.31. The average molecular weight is 375 g/mol. The number of rotatable bonds is 8. The molecule has 1 heterocycles. The highest BCUT2D eigenvalue weighted by molar-refractivity contribution is 7.93. The van der Waals surface area contributed by atoms with Gasteiger partial charge in [0, 0.05) is 11.9 Å². The van der Waals surface area contributed by atoms with Gasteiger partial charge in [-0.25, -0.2) is 13.4 Å². The Morgan fingerprint density at radius 3 is 2.35 bits per heavy atom. The zero-order chi connectivity index (χ0) is 19.2. The van der Waals surface area contributed by atoms with Crippen LogP contribution in [-0.2, 0) is 16.4 Å². The lowest BCUT2D eigenvalue weighted by molar-refractivity contribution is 0.102. The minimum absolute atomic E-state index is 0.190. The zero-order valence-corrected chi connectivity index (χ0v) is 16.1. The van der Waals surface area contributed by atoms with Crippen molar-refractivity contribution >= 4 is 27.4 Å². The summed E-state index contributed by atoms with van der Waals surface area (Å²) in [5, 5.41) is 2.25. The van der Waals surface area contributed by atoms with E-state index in [1.807, 2.05) is 24.3 Å². The minimum atomic E-state index is -3.46. The number of anilines is 2. The molecule has 2 N–H and O–H groups in total. The summed E-state index contributed by atoms with van der Waals surface area (Å²) < 4.78 is 26.0. The number of aryl methyl sites for hydroxylation is 1. The van der Waals surface area contributed by atoms with E-state index < -0.39 is 15.3 Å². The molecule has 26 heavy (non-hydrogen) atoms. The smallest absolute Gasteiger partial charge is 0.257 e. The number of carbonyl (C=O) groups is 1. The predicted octanol–water partition coefficient (Wildman–Crippen LogP) is 3.83. The molecule has 7 heteroatoms. The van der Waals surface area contributed by atoms with Gasteiger partial charge in [-0.15, -0.1) is 0 Å². The van der Waals surface area contributed by atoms with Gasteiger partial charge in [-0.05, 0) is 56.5 Å². The number of hydrogen-bond acceptors (Lipinski definition) is 4. The van der Waals surface area contributed by atoms with Gasteiger partial charge in [-0.2, -0.15) is 0 Å². The van der Waals surface area contributed by atoms with E-state index in [1.54, 1.807) is 13.8 Å². The van der Waals surface area contributed by atoms with Gasteiger partial charge in [0.05, 0.1) is 10.8 Å². The number of aromatic nitrogens is 1. The lowest BCUT2D eigenvalue weighted by Gasteiger charge is -2.10. The first kappa shape index (κ1) is 19.9. The summed E-state index contributed by atoms with van der Waals surface area (Å²) in [6.07, 6.45) is 4.67. The summed E-state index contributed by atoms with van der Waals surface area (Å²) in [4.78, 5) is 16.3. The Morgan fingerprint density at radius 2 is 1.81 bits per heavy atom. The fraction of sp³-hybridized carbons (Fsp3) is 0.368. The lowest BCUT2D eigenvalue weighted by Crippen LogP contribution is -2.23. The van der Waals surface area contributed by atoms with Gasteiger partial charge in [-0.1, -0.05) is 25.5 Å². The molecular weight excluding hydrogens is 350 g/mol. The largest absolute Gasteiger partial charge is 0.322 e. The van der Waals surface area contributed by atoms with E-state index in [4.69, 9.17) is 0 Å². The van der Waals surface area contributed by atoms with Gasteiger partial charge in [0.2, 0.25) is 10.0 Å². The van der Waals surface area contributed by atoms with E-state index in [1.165, 1.54) is 23.9 Å². The molecule has 0 saturated carbocycles. The van der Waals surface area contributed by atoms with Crippen molar-refractivity contribution in [2.24, 2.45) is 0 Å². The Morgan fingerprint density at radius 1 is 1.12 bits per heavy atom. The highest BCUT2D eigenvalue weighted by Crippen LogP contribution is 2.14. The van der Waals surface area contributed by atoms with Crippen molar-refractivity contribution in [3.05, 3.63) is 53.7 Å². The van der Waals surface area contributed by atoms with Crippen LogP contribution in [0.3, 0.4) is 0 Å². The second-order valence-corrected chi connectivity index (χ2v) is 8.62. The minimum Gasteiger partial charge on any atom is -0.322 e. The highest BCUT2D eigenvalue weighted by atomic mass is 32.2. The molecule has 140 valence electrons. The summed E-state index contributed by atoms with van der Waals surface area (Å²) >= 11 is 0. The standard InChI is InChI=1S/C19H25N3O3S/c1-4-5-6-15-7-10-17(11-8-15)21-19(23)16-9-12-18(20-13-16)22-26(24,25)14(2)3/h7-14H,4-6H2,1-3H3,(H,20,22)(H,21,23). The molecule has 1 aromatic carbocycles. The van der Waals surface area contributed by atoms with Crippen molar-refractivity contribution < 1.29 is 13.2 Å². The molecule has 0 bridgehead atoms. The number of sulfonamides is 1. The quantitative estimate of drug-likeness (QED) is 0.734. The third-order valence-electron chi connectivity index (χ3n) is 3.92. The first-order valence-electron chi connectivity index (χ1n) is 8.70. The fourth-order valence-electron chi connectivity index (χ4n) is 2.19. The SMILES string of the molecule is CCCCc1ccc(NC(=O)c2ccc(NS(=O)(=O)C(C)C)nc2)cc1. The number of pyridine rings is 1. The average Bonchev–Trinajstić information content (AvgIpc) is 2.61. The summed E-state index contributed by atoms with van der Waals surface area (Å²) in [5.74, 6) is -0.104. The molecule has 0 unspecified atom stereocenters. The van der Waals surface area contributed by atoms with Crippen LogP contribution in [0, 0.1) is 0 Å². The molecule has 0 atom stereocenters. The van der Waals surface area contributed by atoms with Crippen LogP contribution in [0.1, 0.15) is 49.5 Å². The lowest BCUT2D eigenvalue weighted by atomic mass is 10.1. The zero-order valence-electron chi connectivity index (χ0n) is 15.3. The van der Waals surface area contributed by atoms with Crippen molar-refractivity contribution in [3.63, 3.8) is 0 Å². The van der Waals surface area contributed by atoms with Crippen LogP contribution >= 0.6 is 0 Å². The molecule has 0 spiro atoms. The van der Waals surface area contributed by atoms with Gasteiger partial charge >= 0.3 is 0 Å². The Balaban J connectivity index is 1.99. The van der Waals surface area contributed by atoms with E-state index in [0.29, 0.717) is 11.3 Å². The maximum atomic E-state index is 12.3. The van der Waals surface area contributed by atoms with E-state index >= 15 is 0 Å². The van der Waals surface area contributed by atoms with Crippen LogP contribution in [-0.4, -0.2) is 24.6 Å². The monoisotopic (exact) mass is 375 g/mol. The van der Waals surface area contributed by atoms with Crippen LogP contribution < -0.4 is 10.0 Å². The van der Waals surface area contributed by atoms with Crippen LogP contribution in [0.25, 0.3) is 0 Å². The number of benzene rings is 1. The molecule has 0 fully saturated rings. The van der Waals surface area contributed by atoms with Crippen molar-refractivity contribution in [3.8, 4) is 0 Å². The molecule has 2 rings (SSSR count). The first-order valence-corrected chi connectivity index (χ1v) is 10.2. The van der Waals surface area contributed by atoms with Gasteiger partial charge in [0.25, 0.3) is 5.91 Å². The van der Waals surface area contributed by atoms with Crippen LogP contribution in [0.5, 0.6) is 0 Å². The summed E-state index contributed by atoms with van der Waals surface area (Å²) in [6.45, 7) is 5.32. The molecule has 0 aliphatic rings. The number of carbonyl (C=O) groups excluding carboxylic acids is 1. The summed E-state index contributed by atoms with van der Waals surface area (Å²) in [6, 6.07) is 10.8. The number of amides is 1. The van der Waals surface area contributed by atoms with Crippen molar-refractivity contribution in [2.45, 2.75) is 45.3 Å². The Labute approximate surface area is 155 Å². The van der Waals surface area contributed by atoms with Crippen molar-refractivity contribution in [1.82, 2.24) is 4.98 Å². The molecule has 0 saturated heterocycles. The van der Waals surface area contributed by atoms with Crippen LogP contribution in [0.15, 0.2) is 42.6 Å². The molecular formula is C19H25N3O3S. The van der Waals surface area contributed by atoms with Crippen LogP contribution in [0.2, 0.25) is 0 Å². The Bertz CT molecular complexity index is 829. The normalized spacial score (nSPS) is 11.4. The predicted molar refractivity (Wildman–Crippen MR) is 105 cm³/mol. The van der Waals surface area contributed by atoms with E-state index in [0.717, 1.165) is 19.3 Å². The number of nitrogens with one attached hydrogen (secondary N) is 2. The third-order valence-corrected chi connectivity index (χ3v) is 5.66. The molecule has 0 radical (unpaired) electrons. The number of unbranched alkanes of at least 4 members (excludes halogenated alkanes) is 1. The topological polar surface area (TPSA) is 88.2 Å². The number of hydrogen-bond donors (Lipinski definition) is 2. The third kappa shape index (κ3) is 5.56. The van der Waals surface area contributed by atoms with E-state index in [9.17, 15) is 13.2 Å². The van der Waals surface area contributed by atoms with Gasteiger partial charge in [0.1, 0.15) is 5.82 Å². The second-order valence-electron chi connectivity index (χ2n) is 6.38. The molecule has 2 aromatic rings. The first-order chi connectivity index (χ1) is 12.3. The van der Waals surface area contributed by atoms with Gasteiger partial charge in [-0.3, -0.25) is 9.52 Å². The van der Waals surface area contributed by atoms with Crippen molar-refractivity contribution in [1.29, 1.82) is 0 Å². The van der Waals surface area contributed by atoms with E-state index in [-0.39, 0.29) is 11.7 Å². The van der Waals surface area contributed by atoms with Gasteiger partial charge in [0.15, 0.2) is 0 Å². The molecule has 1 amide bonds. The summed E-state index contributed by atoms with van der Waals surface area (Å²) in [7, 11) is -3.46. The molecule has 6 nitrogen and oxygen atoms in total. The van der Waals surface area contributed by atoms with Crippen LogP contribution in [0.4, 0.5) is 11.5 Å². The van der Waals surface area contributed by atoms with E-state index in [2.05, 4.69) is 21.9 Å². The van der Waals surface area contributed by atoms with Gasteiger partial charge < -0.3 is 5.32 Å². The Kier molecular flexibility index (Phi) is 6.74. The molecule has 0 aliphatic heterocycles. The second kappa shape index (κ2) is 8.80. The maximum Gasteiger partial charge on any atom is 0.257 e.